The summed E-state index contributed by atoms with van der Waals surface area (Å²) in [4.78, 5) is 23.6. The van der Waals surface area contributed by atoms with E-state index in [1.807, 2.05) is 0 Å². The standard InChI is InChI=1S/2C4H9.2C3H4O2S.Sn/c2*1-3-4-2;2*4-3(5)1-2-6;/h2*1,3-4H2,2H3;2*1-2,6H,(H,4,5);/q;;;;+2/p-2. The molecule has 7 heteroatoms. The molecule has 0 aromatic heterocycles. The third-order valence-electron chi connectivity index (χ3n) is 2.82. The average molecular weight is 439 g/mol. The summed E-state index contributed by atoms with van der Waals surface area (Å²) in [5.41, 5.74) is 0. The Labute approximate surface area is 143 Å². The molecule has 0 unspecified atom stereocenters. The summed E-state index contributed by atoms with van der Waals surface area (Å²) in [7, 11) is 0. The molecule has 0 spiro atoms. The molecule has 0 saturated carbocycles. The Hall–Kier alpha value is -0.0813. The molecular formula is C14H24O4S2Sn. The second-order valence-electron chi connectivity index (χ2n) is 4.59. The van der Waals surface area contributed by atoms with Crippen LogP contribution < -0.4 is 0 Å². The number of thiol groups is 2. The molecule has 0 amide bonds. The fourth-order valence-corrected chi connectivity index (χ4v) is 11.6. The molecule has 0 aliphatic rings. The van der Waals surface area contributed by atoms with Crippen LogP contribution in [0.3, 0.4) is 0 Å². The Morgan fingerprint density at radius 2 is 1.29 bits per heavy atom. The first-order chi connectivity index (χ1) is 10.0. The van der Waals surface area contributed by atoms with Gasteiger partial charge in [-0.15, -0.1) is 0 Å². The summed E-state index contributed by atoms with van der Waals surface area (Å²) in [6.07, 6.45) is 6.18. The van der Waals surface area contributed by atoms with E-state index in [4.69, 9.17) is 6.15 Å². The Morgan fingerprint density at radius 1 is 0.905 bits per heavy atom. The van der Waals surface area contributed by atoms with Crippen LogP contribution in [0.15, 0.2) is 23.0 Å². The van der Waals surface area contributed by atoms with Gasteiger partial charge in [-0.3, -0.25) is 0 Å². The van der Waals surface area contributed by atoms with Gasteiger partial charge >= 0.3 is 144 Å². The van der Waals surface area contributed by atoms with Crippen molar-refractivity contribution in [2.24, 2.45) is 0 Å². The van der Waals surface area contributed by atoms with Gasteiger partial charge in [0.25, 0.3) is 0 Å². The molecule has 0 bridgehead atoms. The van der Waals surface area contributed by atoms with Gasteiger partial charge in [0.2, 0.25) is 0 Å². The topological polar surface area (TPSA) is 52.6 Å². The zero-order chi connectivity index (χ0) is 16.1. The van der Waals surface area contributed by atoms with Crippen molar-refractivity contribution in [2.75, 3.05) is 0 Å². The second kappa shape index (κ2) is 12.5. The van der Waals surface area contributed by atoms with Gasteiger partial charge in [0.05, 0.1) is 0 Å². The van der Waals surface area contributed by atoms with E-state index in [-0.39, 0.29) is 0 Å². The van der Waals surface area contributed by atoms with Crippen molar-refractivity contribution in [3.63, 3.8) is 0 Å². The normalized spacial score (nSPS) is 12.0. The van der Waals surface area contributed by atoms with Gasteiger partial charge in [-0.05, 0) is 0 Å². The van der Waals surface area contributed by atoms with Crippen molar-refractivity contribution in [3.8, 4) is 0 Å². The predicted octanol–water partition coefficient (Wildman–Crippen LogP) is 4.00. The van der Waals surface area contributed by atoms with Crippen LogP contribution in [0.1, 0.15) is 39.5 Å². The summed E-state index contributed by atoms with van der Waals surface area (Å²) in [5, 5.41) is 2.65. The molecule has 0 rings (SSSR count). The van der Waals surface area contributed by atoms with Crippen molar-refractivity contribution in [2.45, 2.75) is 48.4 Å². The molecular weight excluding hydrogens is 415 g/mol. The van der Waals surface area contributed by atoms with Gasteiger partial charge in [0.1, 0.15) is 0 Å². The average Bonchev–Trinajstić information content (AvgIpc) is 2.43. The fourth-order valence-electron chi connectivity index (χ4n) is 1.80. The van der Waals surface area contributed by atoms with Crippen molar-refractivity contribution in [1.82, 2.24) is 0 Å². The Morgan fingerprint density at radius 3 is 1.57 bits per heavy atom. The van der Waals surface area contributed by atoms with Gasteiger partial charge in [0, 0.05) is 0 Å². The van der Waals surface area contributed by atoms with Crippen molar-refractivity contribution >= 4 is 56.4 Å². The molecule has 0 radical (unpaired) electrons. The van der Waals surface area contributed by atoms with E-state index in [9.17, 15) is 9.59 Å². The SMILES string of the molecule is CCC[CH2][Sn]([CH2]CCC)([O]C(=O)C=CS)[O]C(=O)C=CS. The van der Waals surface area contributed by atoms with Crippen molar-refractivity contribution < 1.29 is 15.7 Å². The number of carbonyl (C=O) groups is 2. The molecule has 0 saturated heterocycles. The van der Waals surface area contributed by atoms with E-state index in [1.165, 1.54) is 23.0 Å². The Bertz CT molecular complexity index is 347. The Kier molecular flexibility index (Phi) is 12.4. The van der Waals surface area contributed by atoms with E-state index in [2.05, 4.69) is 39.1 Å². The van der Waals surface area contributed by atoms with Crippen LogP contribution in [0.4, 0.5) is 0 Å². The maximum absolute atomic E-state index is 11.8. The third-order valence-corrected chi connectivity index (χ3v) is 12.8. The summed E-state index contributed by atoms with van der Waals surface area (Å²) < 4.78 is 12.6. The monoisotopic (exact) mass is 440 g/mol. The molecule has 0 N–H and O–H groups in total. The van der Waals surface area contributed by atoms with Crippen LogP contribution in [0.2, 0.25) is 8.87 Å². The number of hydrogen-bond acceptors (Lipinski definition) is 6. The zero-order valence-electron chi connectivity index (χ0n) is 12.6. The first-order valence-electron chi connectivity index (χ1n) is 7.11. The summed E-state index contributed by atoms with van der Waals surface area (Å²) in [6.45, 7) is 4.11. The van der Waals surface area contributed by atoms with E-state index in [0.29, 0.717) is 8.87 Å². The summed E-state index contributed by atoms with van der Waals surface area (Å²) in [6, 6.07) is 0. The molecule has 0 aromatic carbocycles. The molecule has 120 valence electrons. The van der Waals surface area contributed by atoms with Gasteiger partial charge in [0.15, 0.2) is 0 Å². The maximum atomic E-state index is 11.8. The second-order valence-corrected chi connectivity index (χ2v) is 14.4. The molecule has 0 heterocycles. The summed E-state index contributed by atoms with van der Waals surface area (Å²) >= 11 is 3.96. The van der Waals surface area contributed by atoms with E-state index < -0.39 is 31.1 Å². The number of unbranched alkanes of at least 4 members (excludes halogenated alkanes) is 2. The van der Waals surface area contributed by atoms with Crippen molar-refractivity contribution in [3.05, 3.63) is 23.0 Å². The molecule has 0 aromatic rings. The van der Waals surface area contributed by atoms with Crippen molar-refractivity contribution in [1.29, 1.82) is 0 Å². The zero-order valence-corrected chi connectivity index (χ0v) is 17.2. The Balaban J connectivity index is 5.17. The van der Waals surface area contributed by atoms with Gasteiger partial charge < -0.3 is 0 Å². The van der Waals surface area contributed by atoms with Gasteiger partial charge in [-0.2, -0.15) is 0 Å². The predicted molar refractivity (Wildman–Crippen MR) is 93.6 cm³/mol. The van der Waals surface area contributed by atoms with Crippen LogP contribution in [-0.4, -0.2) is 31.1 Å². The molecule has 0 fully saturated rings. The number of carbonyl (C=O) groups excluding carboxylic acids is 2. The van der Waals surface area contributed by atoms with Gasteiger partial charge in [-0.1, -0.05) is 0 Å². The third kappa shape index (κ3) is 9.52. The first-order valence-corrected chi connectivity index (χ1v) is 14.5. The quantitative estimate of drug-likeness (QED) is 0.307. The van der Waals surface area contributed by atoms with E-state index in [1.54, 1.807) is 0 Å². The van der Waals surface area contributed by atoms with E-state index >= 15 is 0 Å². The minimum atomic E-state index is -3.77. The van der Waals surface area contributed by atoms with Gasteiger partial charge in [-0.25, -0.2) is 0 Å². The molecule has 0 atom stereocenters. The fraction of sp³-hybridized carbons (Fsp3) is 0.571. The molecule has 4 nitrogen and oxygen atoms in total. The van der Waals surface area contributed by atoms with E-state index in [0.717, 1.165) is 25.7 Å². The van der Waals surface area contributed by atoms with Crippen LogP contribution >= 0.6 is 25.3 Å². The number of rotatable bonds is 10. The molecule has 0 aliphatic carbocycles. The van der Waals surface area contributed by atoms with Crippen LogP contribution in [0.25, 0.3) is 0 Å². The molecule has 21 heavy (non-hydrogen) atoms. The number of hydrogen-bond donors (Lipinski definition) is 2. The van der Waals surface area contributed by atoms with Crippen LogP contribution in [0.5, 0.6) is 0 Å². The van der Waals surface area contributed by atoms with Crippen LogP contribution in [0, 0.1) is 0 Å². The molecule has 0 aliphatic heterocycles. The minimum absolute atomic E-state index is 0.476. The first kappa shape index (κ1) is 20.9. The summed E-state index contributed by atoms with van der Waals surface area (Å²) in [5.74, 6) is -0.952. The van der Waals surface area contributed by atoms with Crippen LogP contribution in [-0.2, 0) is 15.7 Å².